The van der Waals surface area contributed by atoms with Crippen molar-refractivity contribution < 1.29 is 92.8 Å². The van der Waals surface area contributed by atoms with Crippen LogP contribution in [0.3, 0.4) is 0 Å². The van der Waals surface area contributed by atoms with E-state index < -0.39 is 144 Å². The minimum atomic E-state index is -7.22. The van der Waals surface area contributed by atoms with Crippen LogP contribution < -0.4 is 26.8 Å². The van der Waals surface area contributed by atoms with Gasteiger partial charge in [-0.25, -0.2) is 97.8 Å². The van der Waals surface area contributed by atoms with Gasteiger partial charge in [0.2, 0.25) is 0 Å². The highest BCUT2D eigenvalue weighted by atomic mass is 19.2. The monoisotopic (exact) mass is 1330 g/mol. The summed E-state index contributed by atoms with van der Waals surface area (Å²) in [7, 11) is 0. The number of aromatic nitrogens is 2. The molecule has 5 aromatic carbocycles. The van der Waals surface area contributed by atoms with Crippen molar-refractivity contribution in [3.05, 3.63) is 146 Å². The molecule has 1 aromatic heterocycles. The summed E-state index contributed by atoms with van der Waals surface area (Å²) in [6, 6.07) is 7.04. The smallest absolute Gasteiger partial charge is 0.241 e. The van der Waals surface area contributed by atoms with Gasteiger partial charge in [-0.05, 0) is 37.0 Å². The Bertz CT molecular complexity index is 2880. The number of fused-ring (bicyclic) bond motifs is 1. The summed E-state index contributed by atoms with van der Waals surface area (Å²) >= 11 is 0. The lowest BCUT2D eigenvalue weighted by Gasteiger charge is -2.44. The summed E-state index contributed by atoms with van der Waals surface area (Å²) in [5, 5.41) is 0. The van der Waals surface area contributed by atoms with E-state index in [2.05, 4.69) is 42.0 Å². The third kappa shape index (κ3) is 19.4. The van der Waals surface area contributed by atoms with Gasteiger partial charge in [-0.1, -0.05) is 225 Å². The van der Waals surface area contributed by atoms with E-state index in [0.29, 0.717) is 0 Å². The third-order valence-electron chi connectivity index (χ3n) is 17.5. The molecule has 0 aliphatic carbocycles. The van der Waals surface area contributed by atoms with Gasteiger partial charge < -0.3 is 0 Å². The zero-order valence-electron chi connectivity index (χ0n) is 52.3. The van der Waals surface area contributed by atoms with Crippen LogP contribution in [0.4, 0.5) is 87.8 Å². The van der Waals surface area contributed by atoms with Crippen LogP contribution in [0.25, 0.3) is 11.0 Å². The topological polar surface area (TPSA) is 29.9 Å². The van der Waals surface area contributed by atoms with E-state index in [1.54, 1.807) is 0 Å². The normalized spacial score (nSPS) is 11.8. The molecule has 6 aromatic rings. The summed E-state index contributed by atoms with van der Waals surface area (Å²) in [5.41, 5.74) is -10.3. The second kappa shape index (κ2) is 38.6. The van der Waals surface area contributed by atoms with E-state index in [1.165, 1.54) is 247 Å². The van der Waals surface area contributed by atoms with Crippen LogP contribution in [0, 0.1) is 116 Å². The number of halogens is 20. The van der Waals surface area contributed by atoms with Crippen molar-refractivity contribution in [2.75, 3.05) is 0 Å². The molecule has 1 heterocycles. The van der Waals surface area contributed by atoms with Gasteiger partial charge in [0, 0.05) is 6.42 Å². The number of nitrogens with one attached hydrogen (secondary N) is 2. The lowest BCUT2D eigenvalue weighted by Crippen LogP contribution is -2.81. The summed E-state index contributed by atoms with van der Waals surface area (Å²) in [4.78, 5) is 7.34. The van der Waals surface area contributed by atoms with Gasteiger partial charge in [0.15, 0.2) is 80.8 Å². The van der Waals surface area contributed by atoms with Gasteiger partial charge >= 0.3 is 0 Å². The Morgan fingerprint density at radius 3 is 0.707 bits per heavy atom. The molecule has 2 nitrogen and oxygen atoms in total. The van der Waals surface area contributed by atoms with Gasteiger partial charge in [0.1, 0.15) is 52.7 Å². The standard InChI is InChI=1S/C45H82N2.C24BF20/c1-3-5-7-9-11-13-15-17-19-21-23-25-27-29-31-33-35-37-42-39-40-43-44(41-42)47-45(46-43)38-36-34-32-30-28-26-24-22-20-18-16-14-12-10-8-6-4-2;26-5-1(6(27)14(35)21(42)13(5)34)25(2-7(28)15(36)22(43)16(37)8(2)29,3-9(30)17(38)23(44)18(39)10(3)31)4-11(32)19(40)24(45)20(41)12(4)33/h39-41H,3-38H2,1-2H3,(H,46,47);/q;-1/p+1. The predicted molar refractivity (Wildman–Crippen MR) is 320 cm³/mol. The SMILES string of the molecule is CCCCCCCCCCCCCCCCCCCc1ccc2[nH+]c(CCCCCCCCCCCCCCCCCCC)[nH]c2c1.Fc1c(F)c(F)c([B-](c2c(F)c(F)c(F)c(F)c2F)(c2c(F)c(F)c(F)c(F)c2F)c2c(F)c(F)c(F)c(F)c2F)c(F)c1F. The second-order valence-corrected chi connectivity index (χ2v) is 24.2. The molecule has 0 amide bonds. The van der Waals surface area contributed by atoms with Gasteiger partial charge in [-0.3, -0.25) is 0 Å². The average Bonchev–Trinajstić information content (AvgIpc) is 0.734. The molecule has 0 bridgehead atoms. The first-order valence-corrected chi connectivity index (χ1v) is 32.8. The third-order valence-corrected chi connectivity index (χ3v) is 17.5. The van der Waals surface area contributed by atoms with Gasteiger partial charge in [-0.2, -0.15) is 0 Å². The first-order valence-electron chi connectivity index (χ1n) is 32.8. The van der Waals surface area contributed by atoms with E-state index in [-0.39, 0.29) is 0 Å². The molecular formula is C69H83BF20N2. The number of unbranched alkanes of at least 4 members (excludes halogenated alkanes) is 32. The Morgan fingerprint density at radius 2 is 0.467 bits per heavy atom. The van der Waals surface area contributed by atoms with Crippen molar-refractivity contribution in [1.82, 2.24) is 4.98 Å². The van der Waals surface area contributed by atoms with Gasteiger partial charge in [0.05, 0.1) is 0 Å². The van der Waals surface area contributed by atoms with Crippen molar-refractivity contribution in [2.24, 2.45) is 0 Å². The Hall–Kier alpha value is -5.77. The Labute approximate surface area is 526 Å². The van der Waals surface area contributed by atoms with Crippen LogP contribution in [0.2, 0.25) is 0 Å². The van der Waals surface area contributed by atoms with Crippen LogP contribution in [-0.4, -0.2) is 11.1 Å². The minimum absolute atomic E-state index is 1.15. The molecular weight excluding hydrogens is 1250 g/mol. The first kappa shape index (κ1) is 76.9. The minimum Gasteiger partial charge on any atom is -0.241 e. The number of hydrogen-bond acceptors (Lipinski definition) is 0. The number of aromatic amines is 2. The molecule has 6 rings (SSSR count). The molecule has 0 unspecified atom stereocenters. The number of aryl methyl sites for hydroxylation is 2. The van der Waals surface area contributed by atoms with Crippen LogP contribution in [0.5, 0.6) is 0 Å². The van der Waals surface area contributed by atoms with Crippen molar-refractivity contribution >= 4 is 39.0 Å². The quantitative estimate of drug-likeness (QED) is 0.0131. The number of benzene rings is 5. The van der Waals surface area contributed by atoms with Crippen LogP contribution in [0.15, 0.2) is 18.2 Å². The van der Waals surface area contributed by atoms with E-state index >= 15 is 35.1 Å². The number of imidazole rings is 1. The average molecular weight is 1330 g/mol. The second-order valence-electron chi connectivity index (χ2n) is 24.2. The molecule has 2 N–H and O–H groups in total. The highest BCUT2D eigenvalue weighted by molar-refractivity contribution is 7.20. The molecule has 23 heteroatoms. The highest BCUT2D eigenvalue weighted by Gasteiger charge is 2.52. The molecule has 0 radical (unpaired) electrons. The Morgan fingerprint density at radius 1 is 0.261 bits per heavy atom. The molecule has 0 saturated carbocycles. The number of H-pyrrole nitrogens is 2. The Kier molecular flexibility index (Phi) is 32.3. The van der Waals surface area contributed by atoms with E-state index in [1.807, 2.05) is 0 Å². The predicted octanol–water partition coefficient (Wildman–Crippen LogP) is 21.2. The zero-order chi connectivity index (χ0) is 67.7. The fourth-order valence-corrected chi connectivity index (χ4v) is 12.4. The van der Waals surface area contributed by atoms with Crippen molar-refractivity contribution in [3.8, 4) is 0 Å². The molecule has 0 atom stereocenters. The van der Waals surface area contributed by atoms with Crippen molar-refractivity contribution in [1.29, 1.82) is 0 Å². The maximum absolute atomic E-state index is 15.4. The van der Waals surface area contributed by atoms with Crippen LogP contribution in [-0.2, 0) is 12.8 Å². The molecule has 0 aliphatic rings. The summed E-state index contributed by atoms with van der Waals surface area (Å²) in [6.45, 7) is 4.61. The molecule has 0 fully saturated rings. The number of rotatable bonds is 40. The van der Waals surface area contributed by atoms with Crippen molar-refractivity contribution in [3.63, 3.8) is 0 Å². The first-order chi connectivity index (χ1) is 44.0. The van der Waals surface area contributed by atoms with Gasteiger partial charge in [-0.15, -0.1) is 21.9 Å². The van der Waals surface area contributed by atoms with Crippen LogP contribution >= 0.6 is 0 Å². The van der Waals surface area contributed by atoms with Crippen LogP contribution in [0.1, 0.15) is 244 Å². The maximum Gasteiger partial charge on any atom is 0.252 e. The highest BCUT2D eigenvalue weighted by Crippen LogP contribution is 2.32. The Balaban J connectivity index is 0.000000334. The fraction of sp³-hybridized carbons (Fsp3) is 0.551. The van der Waals surface area contributed by atoms with E-state index in [0.717, 1.165) is 6.42 Å². The zero-order valence-corrected chi connectivity index (χ0v) is 52.3. The van der Waals surface area contributed by atoms with Gasteiger partial charge in [0.25, 0.3) is 5.82 Å². The van der Waals surface area contributed by atoms with E-state index in [9.17, 15) is 52.7 Å². The molecule has 0 saturated heterocycles. The van der Waals surface area contributed by atoms with Crippen molar-refractivity contribution in [2.45, 2.75) is 245 Å². The fourth-order valence-electron chi connectivity index (χ4n) is 12.4. The number of hydrogen-bond donors (Lipinski definition) is 1. The maximum atomic E-state index is 15.4. The molecule has 92 heavy (non-hydrogen) atoms. The summed E-state index contributed by atoms with van der Waals surface area (Å²) in [5.74, 6) is -70.1. The lowest BCUT2D eigenvalue weighted by molar-refractivity contribution is -0.357. The molecule has 512 valence electrons. The molecule has 0 spiro atoms. The summed E-state index contributed by atoms with van der Waals surface area (Å²) < 4.78 is 294. The molecule has 0 aliphatic heterocycles. The largest absolute Gasteiger partial charge is 0.252 e. The lowest BCUT2D eigenvalue weighted by atomic mass is 9.12. The summed E-state index contributed by atoms with van der Waals surface area (Å²) in [6.07, 6.45) is 44.1. The van der Waals surface area contributed by atoms with E-state index in [4.69, 9.17) is 0 Å².